The van der Waals surface area contributed by atoms with E-state index < -0.39 is 0 Å². The lowest BCUT2D eigenvalue weighted by atomic mass is 10.3. The molecule has 98 valence electrons. The maximum absolute atomic E-state index is 11.7. The Bertz CT molecular complexity index is 579. The van der Waals surface area contributed by atoms with Crippen LogP contribution in [0.4, 0.5) is 11.6 Å². The Labute approximate surface area is 119 Å². The van der Waals surface area contributed by atoms with Crippen LogP contribution in [0.15, 0.2) is 41.6 Å². The summed E-state index contributed by atoms with van der Waals surface area (Å²) in [6.45, 7) is 0. The number of hydrogen-bond acceptors (Lipinski definition) is 5. The SMILES string of the molecule is Nc1ccc(Cl)c(SCC(=O)Nc2ncccn2)c1. The van der Waals surface area contributed by atoms with E-state index in [2.05, 4.69) is 15.3 Å². The second kappa shape index (κ2) is 6.40. The van der Waals surface area contributed by atoms with Gasteiger partial charge in [0.15, 0.2) is 0 Å². The molecule has 0 bridgehead atoms. The van der Waals surface area contributed by atoms with Crippen molar-refractivity contribution < 1.29 is 4.79 Å². The van der Waals surface area contributed by atoms with Crippen molar-refractivity contribution in [3.63, 3.8) is 0 Å². The van der Waals surface area contributed by atoms with Crippen LogP contribution in [0.3, 0.4) is 0 Å². The third kappa shape index (κ3) is 4.11. The average Bonchev–Trinajstić information content (AvgIpc) is 2.41. The van der Waals surface area contributed by atoms with Gasteiger partial charge < -0.3 is 5.73 Å². The van der Waals surface area contributed by atoms with E-state index in [4.69, 9.17) is 17.3 Å². The van der Waals surface area contributed by atoms with Crippen molar-refractivity contribution in [2.45, 2.75) is 4.90 Å². The van der Waals surface area contributed by atoms with Gasteiger partial charge in [-0.2, -0.15) is 0 Å². The zero-order valence-corrected chi connectivity index (χ0v) is 11.4. The number of carbonyl (C=O) groups is 1. The molecular weight excluding hydrogens is 284 g/mol. The fourth-order valence-electron chi connectivity index (χ4n) is 1.30. The zero-order valence-electron chi connectivity index (χ0n) is 9.84. The molecule has 19 heavy (non-hydrogen) atoms. The minimum absolute atomic E-state index is 0.199. The predicted molar refractivity (Wildman–Crippen MR) is 77.3 cm³/mol. The number of carbonyl (C=O) groups excluding carboxylic acids is 1. The van der Waals surface area contributed by atoms with Crippen LogP contribution in [0, 0.1) is 0 Å². The van der Waals surface area contributed by atoms with Gasteiger partial charge >= 0.3 is 0 Å². The Morgan fingerprint density at radius 1 is 1.37 bits per heavy atom. The quantitative estimate of drug-likeness (QED) is 0.669. The van der Waals surface area contributed by atoms with Crippen molar-refractivity contribution in [2.24, 2.45) is 0 Å². The highest BCUT2D eigenvalue weighted by atomic mass is 35.5. The van der Waals surface area contributed by atoms with Gasteiger partial charge in [-0.3, -0.25) is 10.1 Å². The Balaban J connectivity index is 1.92. The third-order valence-electron chi connectivity index (χ3n) is 2.13. The molecule has 3 N–H and O–H groups in total. The second-order valence-electron chi connectivity index (χ2n) is 3.60. The van der Waals surface area contributed by atoms with Crippen molar-refractivity contribution in [1.29, 1.82) is 0 Å². The number of amides is 1. The van der Waals surface area contributed by atoms with Crippen molar-refractivity contribution in [3.8, 4) is 0 Å². The molecule has 0 atom stereocenters. The summed E-state index contributed by atoms with van der Waals surface area (Å²) < 4.78 is 0. The first kappa shape index (κ1) is 13.6. The first-order chi connectivity index (χ1) is 9.15. The topological polar surface area (TPSA) is 80.9 Å². The van der Waals surface area contributed by atoms with Gasteiger partial charge in [-0.05, 0) is 24.3 Å². The van der Waals surface area contributed by atoms with E-state index >= 15 is 0 Å². The van der Waals surface area contributed by atoms with Crippen molar-refractivity contribution in [3.05, 3.63) is 41.7 Å². The van der Waals surface area contributed by atoms with Gasteiger partial charge in [-0.15, -0.1) is 11.8 Å². The molecule has 0 fully saturated rings. The molecule has 2 aromatic rings. The van der Waals surface area contributed by atoms with Crippen LogP contribution >= 0.6 is 23.4 Å². The van der Waals surface area contributed by atoms with E-state index in [9.17, 15) is 4.79 Å². The number of nitrogen functional groups attached to an aromatic ring is 1. The van der Waals surface area contributed by atoms with Gasteiger partial charge in [-0.25, -0.2) is 9.97 Å². The Morgan fingerprint density at radius 2 is 2.11 bits per heavy atom. The van der Waals surface area contributed by atoms with Gasteiger partial charge in [0.2, 0.25) is 11.9 Å². The number of nitrogens with zero attached hydrogens (tertiary/aromatic N) is 2. The van der Waals surface area contributed by atoms with Gasteiger partial charge in [0.05, 0.1) is 10.8 Å². The molecular formula is C12H11ClN4OS. The van der Waals surface area contributed by atoms with E-state index in [1.807, 2.05) is 0 Å². The average molecular weight is 295 g/mol. The summed E-state index contributed by atoms with van der Waals surface area (Å²) >= 11 is 7.32. The Morgan fingerprint density at radius 3 is 2.84 bits per heavy atom. The summed E-state index contributed by atoms with van der Waals surface area (Å²) in [7, 11) is 0. The number of aromatic nitrogens is 2. The lowest BCUT2D eigenvalue weighted by molar-refractivity contribution is -0.113. The standard InChI is InChI=1S/C12H11ClN4OS/c13-9-3-2-8(14)6-10(9)19-7-11(18)17-12-15-4-1-5-16-12/h1-6H,7,14H2,(H,15,16,17,18). The van der Waals surface area contributed by atoms with E-state index in [0.717, 1.165) is 4.90 Å². The molecule has 1 amide bonds. The molecule has 1 aromatic carbocycles. The first-order valence-electron chi connectivity index (χ1n) is 5.40. The van der Waals surface area contributed by atoms with Crippen LogP contribution in [-0.2, 0) is 4.79 Å². The highest BCUT2D eigenvalue weighted by molar-refractivity contribution is 8.00. The fraction of sp³-hybridized carbons (Fsp3) is 0.0833. The van der Waals surface area contributed by atoms with Crippen molar-refractivity contribution >= 4 is 40.9 Å². The molecule has 7 heteroatoms. The van der Waals surface area contributed by atoms with Crippen LogP contribution in [0.2, 0.25) is 5.02 Å². The second-order valence-corrected chi connectivity index (χ2v) is 5.02. The highest BCUT2D eigenvalue weighted by Gasteiger charge is 2.07. The van der Waals surface area contributed by atoms with E-state index in [1.165, 1.54) is 11.8 Å². The summed E-state index contributed by atoms with van der Waals surface area (Å²) in [5.74, 6) is 0.294. The number of nitrogens with two attached hydrogens (primary N) is 1. The van der Waals surface area contributed by atoms with Crippen LogP contribution in [0.25, 0.3) is 0 Å². The zero-order chi connectivity index (χ0) is 13.7. The monoisotopic (exact) mass is 294 g/mol. The minimum atomic E-state index is -0.199. The minimum Gasteiger partial charge on any atom is -0.399 e. The lowest BCUT2D eigenvalue weighted by Gasteiger charge is -2.05. The number of rotatable bonds is 4. The Kier molecular flexibility index (Phi) is 4.59. The third-order valence-corrected chi connectivity index (χ3v) is 3.63. The summed E-state index contributed by atoms with van der Waals surface area (Å²) in [6, 6.07) is 6.83. The highest BCUT2D eigenvalue weighted by Crippen LogP contribution is 2.28. The molecule has 0 radical (unpaired) electrons. The number of nitrogens with one attached hydrogen (secondary N) is 1. The van der Waals surface area contributed by atoms with E-state index in [1.54, 1.807) is 36.7 Å². The Hall–Kier alpha value is -1.79. The van der Waals surface area contributed by atoms with Crippen LogP contribution in [0.5, 0.6) is 0 Å². The molecule has 0 saturated heterocycles. The molecule has 0 aliphatic carbocycles. The number of anilines is 2. The van der Waals surface area contributed by atoms with Crippen LogP contribution < -0.4 is 11.1 Å². The number of hydrogen-bond donors (Lipinski definition) is 2. The van der Waals surface area contributed by atoms with Crippen LogP contribution in [0.1, 0.15) is 0 Å². The summed E-state index contributed by atoms with van der Waals surface area (Å²) in [6.07, 6.45) is 3.12. The molecule has 2 rings (SSSR count). The molecule has 0 spiro atoms. The molecule has 0 aliphatic rings. The molecule has 1 heterocycles. The summed E-state index contributed by atoms with van der Waals surface area (Å²) in [5, 5.41) is 3.16. The fourth-order valence-corrected chi connectivity index (χ4v) is 2.36. The number of halogens is 1. The molecule has 0 aliphatic heterocycles. The van der Waals surface area contributed by atoms with E-state index in [-0.39, 0.29) is 17.6 Å². The summed E-state index contributed by atoms with van der Waals surface area (Å²) in [5.41, 5.74) is 6.27. The predicted octanol–water partition coefficient (Wildman–Crippen LogP) is 2.44. The van der Waals surface area contributed by atoms with Gasteiger partial charge in [0, 0.05) is 23.0 Å². The van der Waals surface area contributed by atoms with Crippen LogP contribution in [-0.4, -0.2) is 21.6 Å². The van der Waals surface area contributed by atoms with Gasteiger partial charge in [0.25, 0.3) is 0 Å². The maximum Gasteiger partial charge on any atom is 0.237 e. The first-order valence-corrected chi connectivity index (χ1v) is 6.76. The lowest BCUT2D eigenvalue weighted by Crippen LogP contribution is -2.15. The van der Waals surface area contributed by atoms with Crippen molar-refractivity contribution in [1.82, 2.24) is 9.97 Å². The molecule has 5 nitrogen and oxygen atoms in total. The van der Waals surface area contributed by atoms with Crippen molar-refractivity contribution in [2.75, 3.05) is 16.8 Å². The number of benzene rings is 1. The molecule has 1 aromatic heterocycles. The number of thioether (sulfide) groups is 1. The normalized spacial score (nSPS) is 10.2. The van der Waals surface area contributed by atoms with Gasteiger partial charge in [0.1, 0.15) is 0 Å². The smallest absolute Gasteiger partial charge is 0.237 e. The van der Waals surface area contributed by atoms with Gasteiger partial charge in [-0.1, -0.05) is 11.6 Å². The van der Waals surface area contributed by atoms with E-state index in [0.29, 0.717) is 10.7 Å². The maximum atomic E-state index is 11.7. The molecule has 0 saturated carbocycles. The summed E-state index contributed by atoms with van der Waals surface area (Å²) in [4.78, 5) is 20.3. The largest absolute Gasteiger partial charge is 0.399 e. The molecule has 0 unspecified atom stereocenters.